The van der Waals surface area contributed by atoms with Gasteiger partial charge in [-0.2, -0.15) is 0 Å². The van der Waals surface area contributed by atoms with Gasteiger partial charge in [-0.1, -0.05) is 24.3 Å². The number of fused-ring (bicyclic) bond motifs is 2. The van der Waals surface area contributed by atoms with Gasteiger partial charge in [-0.3, -0.25) is 9.59 Å². The van der Waals surface area contributed by atoms with Gasteiger partial charge in [0.15, 0.2) is 17.3 Å². The van der Waals surface area contributed by atoms with Gasteiger partial charge in [0.1, 0.15) is 5.75 Å². The maximum Gasteiger partial charge on any atom is 0.196 e. The first-order valence-corrected chi connectivity index (χ1v) is 7.91. The molecule has 128 valence electrons. The lowest BCUT2D eigenvalue weighted by atomic mass is 9.82. The number of carbonyl (C=O) groups excluding carboxylic acids is 2. The Morgan fingerprint density at radius 3 is 1.92 bits per heavy atom. The fraction of sp³-hybridized carbons (Fsp3) is 0. The summed E-state index contributed by atoms with van der Waals surface area (Å²) in [5.74, 6) is 0.0346. The molecule has 0 aromatic heterocycles. The summed E-state index contributed by atoms with van der Waals surface area (Å²) in [7, 11) is 0. The molecule has 3 aromatic carbocycles. The Morgan fingerprint density at radius 1 is 0.731 bits per heavy atom. The third-order valence-electron chi connectivity index (χ3n) is 4.34. The second-order valence-corrected chi connectivity index (χ2v) is 6.00. The molecule has 0 fully saturated rings. The molecule has 6 nitrogen and oxygen atoms in total. The standard InChI is InChI=1S/C20H15N3O3/c21-10-5-7-11(8-6-10)26-15-9-14(22)16-17(18(15)23)20(25)13-4-2-1-3-12(13)19(16)24/h1-9H,21-23H2. The number of carbonyl (C=O) groups is 2. The largest absolute Gasteiger partial charge is 0.455 e. The molecule has 0 aliphatic heterocycles. The first-order valence-electron chi connectivity index (χ1n) is 7.91. The second-order valence-electron chi connectivity index (χ2n) is 6.00. The molecule has 0 atom stereocenters. The van der Waals surface area contributed by atoms with Crippen molar-refractivity contribution >= 4 is 28.6 Å². The molecule has 4 rings (SSSR count). The van der Waals surface area contributed by atoms with Gasteiger partial charge in [-0.05, 0) is 24.3 Å². The molecule has 0 radical (unpaired) electrons. The van der Waals surface area contributed by atoms with Gasteiger partial charge in [0.2, 0.25) is 0 Å². The highest BCUT2D eigenvalue weighted by Gasteiger charge is 2.34. The summed E-state index contributed by atoms with van der Waals surface area (Å²) in [6.45, 7) is 0. The van der Waals surface area contributed by atoms with Gasteiger partial charge in [0.05, 0.1) is 16.8 Å². The van der Waals surface area contributed by atoms with Crippen LogP contribution in [0.4, 0.5) is 17.1 Å². The van der Waals surface area contributed by atoms with Gasteiger partial charge in [-0.15, -0.1) is 0 Å². The number of ether oxygens (including phenoxy) is 1. The van der Waals surface area contributed by atoms with Crippen LogP contribution in [0.5, 0.6) is 11.5 Å². The molecule has 1 aliphatic rings. The molecule has 0 spiro atoms. The van der Waals surface area contributed by atoms with E-state index >= 15 is 0 Å². The predicted octanol–water partition coefficient (Wildman–Crippen LogP) is 3.00. The zero-order valence-electron chi connectivity index (χ0n) is 13.7. The third kappa shape index (κ3) is 2.28. The average Bonchev–Trinajstić information content (AvgIpc) is 2.64. The number of hydrogen-bond donors (Lipinski definition) is 3. The van der Waals surface area contributed by atoms with Crippen LogP contribution in [0.2, 0.25) is 0 Å². The summed E-state index contributed by atoms with van der Waals surface area (Å²) in [4.78, 5) is 25.7. The van der Waals surface area contributed by atoms with E-state index in [0.29, 0.717) is 22.6 Å². The van der Waals surface area contributed by atoms with Crippen LogP contribution in [-0.4, -0.2) is 11.6 Å². The molecule has 26 heavy (non-hydrogen) atoms. The van der Waals surface area contributed by atoms with Gasteiger partial charge in [0.25, 0.3) is 0 Å². The van der Waals surface area contributed by atoms with Crippen molar-refractivity contribution in [3.63, 3.8) is 0 Å². The number of rotatable bonds is 2. The topological polar surface area (TPSA) is 121 Å². The highest BCUT2D eigenvalue weighted by molar-refractivity contribution is 6.32. The minimum Gasteiger partial charge on any atom is -0.455 e. The van der Waals surface area contributed by atoms with Crippen molar-refractivity contribution in [3.05, 3.63) is 76.9 Å². The average molecular weight is 345 g/mol. The lowest BCUT2D eigenvalue weighted by Gasteiger charge is -2.22. The van der Waals surface area contributed by atoms with Crippen LogP contribution < -0.4 is 21.9 Å². The van der Waals surface area contributed by atoms with Crippen LogP contribution >= 0.6 is 0 Å². The van der Waals surface area contributed by atoms with Crippen LogP contribution in [-0.2, 0) is 0 Å². The van der Waals surface area contributed by atoms with Gasteiger partial charge in [0, 0.05) is 28.6 Å². The number of nitrogen functional groups attached to an aromatic ring is 3. The van der Waals surface area contributed by atoms with Crippen LogP contribution in [0, 0.1) is 0 Å². The molecule has 0 saturated carbocycles. The molecule has 1 aliphatic carbocycles. The van der Waals surface area contributed by atoms with E-state index in [1.54, 1.807) is 48.5 Å². The highest BCUT2D eigenvalue weighted by atomic mass is 16.5. The number of nitrogens with two attached hydrogens (primary N) is 3. The summed E-state index contributed by atoms with van der Waals surface area (Å²) in [5, 5.41) is 0. The lowest BCUT2D eigenvalue weighted by Crippen LogP contribution is -2.24. The van der Waals surface area contributed by atoms with Crippen molar-refractivity contribution in [2.24, 2.45) is 0 Å². The molecular formula is C20H15N3O3. The molecule has 0 heterocycles. The molecule has 0 saturated heterocycles. The van der Waals surface area contributed by atoms with E-state index in [2.05, 4.69) is 0 Å². The molecule has 3 aromatic rings. The van der Waals surface area contributed by atoms with E-state index in [0.717, 1.165) is 0 Å². The van der Waals surface area contributed by atoms with Crippen molar-refractivity contribution in [2.45, 2.75) is 0 Å². The first kappa shape index (κ1) is 15.7. The minimum absolute atomic E-state index is 0.0823. The molecule has 6 heteroatoms. The van der Waals surface area contributed by atoms with E-state index in [1.165, 1.54) is 6.07 Å². The van der Waals surface area contributed by atoms with E-state index in [-0.39, 0.29) is 39.8 Å². The number of hydrogen-bond acceptors (Lipinski definition) is 6. The van der Waals surface area contributed by atoms with Crippen LogP contribution in [0.1, 0.15) is 31.8 Å². The Kier molecular flexibility index (Phi) is 3.40. The predicted molar refractivity (Wildman–Crippen MR) is 99.5 cm³/mol. The van der Waals surface area contributed by atoms with Gasteiger partial charge >= 0.3 is 0 Å². The quantitative estimate of drug-likeness (QED) is 0.480. The second kappa shape index (κ2) is 5.63. The van der Waals surface area contributed by atoms with Crippen molar-refractivity contribution in [1.29, 1.82) is 0 Å². The smallest absolute Gasteiger partial charge is 0.196 e. The van der Waals surface area contributed by atoms with E-state index < -0.39 is 0 Å². The summed E-state index contributed by atoms with van der Waals surface area (Å²) in [6, 6.07) is 14.8. The molecule has 6 N–H and O–H groups in total. The maximum atomic E-state index is 12.9. The van der Waals surface area contributed by atoms with Crippen LogP contribution in [0.3, 0.4) is 0 Å². The fourth-order valence-electron chi connectivity index (χ4n) is 3.07. The SMILES string of the molecule is Nc1ccc(Oc2cc(N)c3c(c2N)C(=O)c2ccccc2C3=O)cc1. The summed E-state index contributed by atoms with van der Waals surface area (Å²) < 4.78 is 5.76. The van der Waals surface area contributed by atoms with Crippen molar-refractivity contribution in [2.75, 3.05) is 17.2 Å². The lowest BCUT2D eigenvalue weighted by molar-refractivity contribution is 0.0980. The molecule has 0 unspecified atom stereocenters. The molecular weight excluding hydrogens is 330 g/mol. The fourth-order valence-corrected chi connectivity index (χ4v) is 3.07. The Labute approximate surface area is 149 Å². The Morgan fingerprint density at radius 2 is 1.31 bits per heavy atom. The minimum atomic E-state index is -0.345. The zero-order chi connectivity index (χ0) is 18.4. The Hall–Kier alpha value is -3.80. The third-order valence-corrected chi connectivity index (χ3v) is 4.34. The Bertz CT molecular complexity index is 1070. The first-order chi connectivity index (χ1) is 12.5. The van der Waals surface area contributed by atoms with Crippen molar-refractivity contribution in [3.8, 4) is 11.5 Å². The van der Waals surface area contributed by atoms with Crippen molar-refractivity contribution < 1.29 is 14.3 Å². The number of anilines is 3. The van der Waals surface area contributed by atoms with Crippen molar-refractivity contribution in [1.82, 2.24) is 0 Å². The van der Waals surface area contributed by atoms with E-state index in [9.17, 15) is 9.59 Å². The summed E-state index contributed by atoms with van der Waals surface area (Å²) in [5.41, 5.74) is 19.6. The zero-order valence-corrected chi connectivity index (χ0v) is 13.7. The van der Waals surface area contributed by atoms with E-state index in [1.807, 2.05) is 0 Å². The molecule has 0 amide bonds. The normalized spacial score (nSPS) is 12.5. The van der Waals surface area contributed by atoms with Gasteiger partial charge < -0.3 is 21.9 Å². The van der Waals surface area contributed by atoms with Crippen LogP contribution in [0.15, 0.2) is 54.6 Å². The van der Waals surface area contributed by atoms with Crippen LogP contribution in [0.25, 0.3) is 0 Å². The summed E-state index contributed by atoms with van der Waals surface area (Å²) in [6.07, 6.45) is 0. The van der Waals surface area contributed by atoms with Gasteiger partial charge in [-0.25, -0.2) is 0 Å². The maximum absolute atomic E-state index is 12.9. The van der Waals surface area contributed by atoms with E-state index in [4.69, 9.17) is 21.9 Å². The summed E-state index contributed by atoms with van der Waals surface area (Å²) >= 11 is 0. The Balaban J connectivity index is 1.87. The monoisotopic (exact) mass is 345 g/mol. The highest BCUT2D eigenvalue weighted by Crippen LogP contribution is 2.41. The molecule has 0 bridgehead atoms. The number of ketones is 2. The number of benzene rings is 3.